The van der Waals surface area contributed by atoms with Crippen LogP contribution in [0.15, 0.2) is 0 Å². The predicted molar refractivity (Wildman–Crippen MR) is 50.9 cm³/mol. The summed E-state index contributed by atoms with van der Waals surface area (Å²) in [6.07, 6.45) is 3.32. The molecule has 1 N–H and O–H groups in total. The van der Waals surface area contributed by atoms with E-state index in [1.54, 1.807) is 0 Å². The Kier molecular flexibility index (Phi) is 3.03. The zero-order valence-electron chi connectivity index (χ0n) is 8.49. The van der Waals surface area contributed by atoms with E-state index in [0.29, 0.717) is 6.61 Å². The maximum absolute atomic E-state index is 11.6. The van der Waals surface area contributed by atoms with Crippen molar-refractivity contribution in [3.05, 3.63) is 0 Å². The highest BCUT2D eigenvalue weighted by Crippen LogP contribution is 2.22. The van der Waals surface area contributed by atoms with Crippen LogP contribution in [0.4, 0.5) is 0 Å². The summed E-state index contributed by atoms with van der Waals surface area (Å²) in [5.74, 6) is -0.151. The molecule has 0 amide bonds. The third-order valence-electron chi connectivity index (χ3n) is 2.91. The summed E-state index contributed by atoms with van der Waals surface area (Å²) in [5.41, 5.74) is 0. The van der Waals surface area contributed by atoms with E-state index >= 15 is 0 Å². The van der Waals surface area contributed by atoms with Crippen LogP contribution in [0, 0.1) is 0 Å². The number of rotatable bonds is 2. The normalized spacial score (nSPS) is 33.5. The van der Waals surface area contributed by atoms with Gasteiger partial charge in [0.15, 0.2) is 0 Å². The first-order chi connectivity index (χ1) is 6.77. The molecule has 0 bridgehead atoms. The van der Waals surface area contributed by atoms with Gasteiger partial charge in [-0.1, -0.05) is 0 Å². The Bertz CT molecular complexity index is 215. The molecule has 0 aromatic rings. The van der Waals surface area contributed by atoms with Gasteiger partial charge in [-0.2, -0.15) is 0 Å². The monoisotopic (exact) mass is 199 g/mol. The SMILES string of the molecule is CC1OCCNC1C(=O)OC1CCC1. The average molecular weight is 199 g/mol. The van der Waals surface area contributed by atoms with Gasteiger partial charge < -0.3 is 9.47 Å². The van der Waals surface area contributed by atoms with Crippen molar-refractivity contribution in [1.82, 2.24) is 5.32 Å². The molecule has 2 aliphatic rings. The van der Waals surface area contributed by atoms with Crippen molar-refractivity contribution in [3.63, 3.8) is 0 Å². The molecule has 0 spiro atoms. The number of hydrogen-bond acceptors (Lipinski definition) is 4. The Balaban J connectivity index is 1.82. The van der Waals surface area contributed by atoms with Crippen LogP contribution in [0.5, 0.6) is 0 Å². The first-order valence-corrected chi connectivity index (χ1v) is 5.33. The molecule has 4 nitrogen and oxygen atoms in total. The van der Waals surface area contributed by atoms with E-state index in [1.807, 2.05) is 6.92 Å². The van der Waals surface area contributed by atoms with E-state index in [2.05, 4.69) is 5.32 Å². The topological polar surface area (TPSA) is 47.6 Å². The Labute approximate surface area is 84.0 Å². The fourth-order valence-corrected chi connectivity index (χ4v) is 1.72. The van der Waals surface area contributed by atoms with Gasteiger partial charge in [-0.05, 0) is 26.2 Å². The van der Waals surface area contributed by atoms with Crippen molar-refractivity contribution in [2.45, 2.75) is 44.4 Å². The lowest BCUT2D eigenvalue weighted by Gasteiger charge is -2.32. The lowest BCUT2D eigenvalue weighted by atomic mass is 9.96. The fraction of sp³-hybridized carbons (Fsp3) is 0.900. The molecule has 0 aromatic carbocycles. The number of morpholine rings is 1. The second-order valence-corrected chi connectivity index (χ2v) is 4.00. The number of nitrogens with one attached hydrogen (secondary N) is 1. The van der Waals surface area contributed by atoms with Crippen LogP contribution in [0.3, 0.4) is 0 Å². The third kappa shape index (κ3) is 2.07. The van der Waals surface area contributed by atoms with Gasteiger partial charge in [0.2, 0.25) is 0 Å². The van der Waals surface area contributed by atoms with E-state index in [0.717, 1.165) is 19.4 Å². The van der Waals surface area contributed by atoms with Crippen molar-refractivity contribution in [1.29, 1.82) is 0 Å². The van der Waals surface area contributed by atoms with Gasteiger partial charge in [-0.3, -0.25) is 10.1 Å². The van der Waals surface area contributed by atoms with Crippen LogP contribution < -0.4 is 5.32 Å². The highest BCUT2D eigenvalue weighted by Gasteiger charge is 2.32. The molecule has 2 fully saturated rings. The molecule has 80 valence electrons. The Morgan fingerprint density at radius 2 is 2.29 bits per heavy atom. The van der Waals surface area contributed by atoms with Gasteiger partial charge >= 0.3 is 5.97 Å². The summed E-state index contributed by atoms with van der Waals surface area (Å²) in [6, 6.07) is -0.274. The van der Waals surface area contributed by atoms with E-state index in [1.165, 1.54) is 6.42 Å². The van der Waals surface area contributed by atoms with Crippen LogP contribution in [-0.4, -0.2) is 37.4 Å². The molecule has 2 unspecified atom stereocenters. The van der Waals surface area contributed by atoms with Crippen molar-refractivity contribution in [2.75, 3.05) is 13.2 Å². The molecule has 4 heteroatoms. The molecule has 1 heterocycles. The number of ether oxygens (including phenoxy) is 2. The largest absolute Gasteiger partial charge is 0.461 e. The summed E-state index contributed by atoms with van der Waals surface area (Å²) in [7, 11) is 0. The summed E-state index contributed by atoms with van der Waals surface area (Å²) < 4.78 is 10.7. The maximum Gasteiger partial charge on any atom is 0.326 e. The van der Waals surface area contributed by atoms with Gasteiger partial charge in [-0.25, -0.2) is 0 Å². The lowest BCUT2D eigenvalue weighted by molar-refractivity contribution is -0.161. The predicted octanol–water partition coefficient (Wildman–Crippen LogP) is 0.459. The molecule has 14 heavy (non-hydrogen) atoms. The molecule has 1 saturated carbocycles. The third-order valence-corrected chi connectivity index (χ3v) is 2.91. The highest BCUT2D eigenvalue weighted by molar-refractivity contribution is 5.76. The van der Waals surface area contributed by atoms with Crippen LogP contribution in [0.1, 0.15) is 26.2 Å². The second-order valence-electron chi connectivity index (χ2n) is 4.00. The second kappa shape index (κ2) is 4.28. The van der Waals surface area contributed by atoms with E-state index in [-0.39, 0.29) is 24.2 Å². The van der Waals surface area contributed by atoms with Crippen molar-refractivity contribution in [3.8, 4) is 0 Å². The average Bonchev–Trinajstić information content (AvgIpc) is 2.12. The van der Waals surface area contributed by atoms with E-state index in [9.17, 15) is 4.79 Å². The summed E-state index contributed by atoms with van der Waals surface area (Å²) >= 11 is 0. The molecule has 1 aliphatic carbocycles. The highest BCUT2D eigenvalue weighted by atomic mass is 16.6. The standard InChI is InChI=1S/C10H17NO3/c1-7-9(11-5-6-13-7)10(12)14-8-3-2-4-8/h7-9,11H,2-6H2,1H3. The molecule has 0 aromatic heterocycles. The van der Waals surface area contributed by atoms with Crippen molar-refractivity contribution < 1.29 is 14.3 Å². The maximum atomic E-state index is 11.6. The fourth-order valence-electron chi connectivity index (χ4n) is 1.72. The molecule has 0 radical (unpaired) electrons. The van der Waals surface area contributed by atoms with Crippen molar-refractivity contribution >= 4 is 5.97 Å². The Morgan fingerprint density at radius 1 is 1.50 bits per heavy atom. The number of esters is 1. The number of carbonyl (C=O) groups is 1. The first-order valence-electron chi connectivity index (χ1n) is 5.33. The van der Waals surface area contributed by atoms with Gasteiger partial charge in [-0.15, -0.1) is 0 Å². The molecule has 2 atom stereocenters. The van der Waals surface area contributed by atoms with Crippen LogP contribution in [0.25, 0.3) is 0 Å². The number of carbonyl (C=O) groups excluding carboxylic acids is 1. The minimum atomic E-state index is -0.274. The quantitative estimate of drug-likeness (QED) is 0.656. The minimum Gasteiger partial charge on any atom is -0.461 e. The van der Waals surface area contributed by atoms with Gasteiger partial charge in [0, 0.05) is 6.54 Å². The summed E-state index contributed by atoms with van der Waals surface area (Å²) in [6.45, 7) is 3.31. The molecule has 1 aliphatic heterocycles. The lowest BCUT2D eigenvalue weighted by Crippen LogP contribution is -2.53. The minimum absolute atomic E-state index is 0.0728. The first kappa shape index (κ1) is 9.93. The van der Waals surface area contributed by atoms with Gasteiger partial charge in [0.25, 0.3) is 0 Å². The number of hydrogen-bond donors (Lipinski definition) is 1. The zero-order chi connectivity index (χ0) is 9.97. The van der Waals surface area contributed by atoms with Crippen LogP contribution >= 0.6 is 0 Å². The van der Waals surface area contributed by atoms with Crippen LogP contribution in [0.2, 0.25) is 0 Å². The van der Waals surface area contributed by atoms with E-state index < -0.39 is 0 Å². The molecular weight excluding hydrogens is 182 g/mol. The zero-order valence-corrected chi connectivity index (χ0v) is 8.49. The molecular formula is C10H17NO3. The van der Waals surface area contributed by atoms with Crippen molar-refractivity contribution in [2.24, 2.45) is 0 Å². The van der Waals surface area contributed by atoms with Crippen LogP contribution in [-0.2, 0) is 14.3 Å². The molecule has 1 saturated heterocycles. The summed E-state index contributed by atoms with van der Waals surface area (Å²) in [5, 5.41) is 3.12. The molecule has 2 rings (SSSR count). The van der Waals surface area contributed by atoms with E-state index in [4.69, 9.17) is 9.47 Å². The smallest absolute Gasteiger partial charge is 0.326 e. The summed E-state index contributed by atoms with van der Waals surface area (Å²) in [4.78, 5) is 11.6. The Morgan fingerprint density at radius 3 is 2.86 bits per heavy atom. The van der Waals surface area contributed by atoms with Gasteiger partial charge in [0.1, 0.15) is 12.1 Å². The Hall–Kier alpha value is -0.610. The van der Waals surface area contributed by atoms with Gasteiger partial charge in [0.05, 0.1) is 12.7 Å².